The van der Waals surface area contributed by atoms with Gasteiger partial charge in [0.25, 0.3) is 0 Å². The van der Waals surface area contributed by atoms with Crippen LogP contribution in [0.15, 0.2) is 0 Å². The third kappa shape index (κ3) is 4.88. The van der Waals surface area contributed by atoms with Gasteiger partial charge in [-0.1, -0.05) is 0 Å². The molecule has 0 saturated heterocycles. The molecular formula is C15H26O15. The number of rotatable bonds is 14. The quantitative estimate of drug-likeness (QED) is 0.110. The Kier molecular flexibility index (Phi) is 10.7. The molecule has 0 aliphatic rings. The highest BCUT2D eigenvalue weighted by atomic mass is 16.4. The van der Waals surface area contributed by atoms with Gasteiger partial charge in [0, 0.05) is 0 Å². The van der Waals surface area contributed by atoms with Crippen molar-refractivity contribution in [3.63, 3.8) is 0 Å². The predicted octanol–water partition coefficient (Wildman–Crippen LogP) is -8.71. The van der Waals surface area contributed by atoms with Gasteiger partial charge >= 0.3 is 0 Å². The number of aliphatic hydroxyl groups is 12. The number of ketones is 3. The van der Waals surface area contributed by atoms with Gasteiger partial charge in [-0.3, -0.25) is 14.4 Å². The Morgan fingerprint density at radius 1 is 0.600 bits per heavy atom. The fourth-order valence-electron chi connectivity index (χ4n) is 2.59. The molecule has 0 heterocycles. The van der Waals surface area contributed by atoms with Crippen LogP contribution in [0.4, 0.5) is 0 Å². The van der Waals surface area contributed by atoms with E-state index in [1.165, 1.54) is 0 Å². The average molecular weight is 446 g/mol. The second-order valence-corrected chi connectivity index (χ2v) is 6.35. The number of aliphatic hydroxyl groups excluding tert-OH is 10. The normalized spacial score (nSPS) is 22.0. The van der Waals surface area contributed by atoms with Crippen LogP contribution in [0.1, 0.15) is 0 Å². The van der Waals surface area contributed by atoms with Crippen LogP contribution in [0.2, 0.25) is 0 Å². The second kappa shape index (κ2) is 11.2. The van der Waals surface area contributed by atoms with E-state index < -0.39 is 91.6 Å². The molecule has 0 aromatic carbocycles. The summed E-state index contributed by atoms with van der Waals surface area (Å²) in [6.07, 6.45) is -16.7. The summed E-state index contributed by atoms with van der Waals surface area (Å²) >= 11 is 0. The SMILES string of the molecule is O=C(C(O)CO)C(O)(C(=O)C(O)CO)[C@@](O)(C(=O)C(O)CO)[C@H](O)[C@H](O)[C@@H](O)CO. The molecule has 15 heteroatoms. The molecule has 7 atom stereocenters. The second-order valence-electron chi connectivity index (χ2n) is 6.35. The molecule has 3 unspecified atom stereocenters. The largest absolute Gasteiger partial charge is 0.394 e. The molecular weight excluding hydrogens is 420 g/mol. The molecule has 0 bridgehead atoms. The maximum atomic E-state index is 12.5. The summed E-state index contributed by atoms with van der Waals surface area (Å²) < 4.78 is 0. The first-order valence-electron chi connectivity index (χ1n) is 8.33. The van der Waals surface area contributed by atoms with Crippen LogP contribution in [0, 0.1) is 0 Å². The Morgan fingerprint density at radius 3 is 1.23 bits per heavy atom. The highest BCUT2D eigenvalue weighted by molar-refractivity contribution is 6.19. The molecule has 0 saturated carbocycles. The van der Waals surface area contributed by atoms with E-state index in [0.717, 1.165) is 0 Å². The Morgan fingerprint density at radius 2 is 0.933 bits per heavy atom. The summed E-state index contributed by atoms with van der Waals surface area (Å²) in [5.41, 5.74) is -8.86. The Labute approximate surface area is 168 Å². The Balaban J connectivity index is 7.09. The minimum atomic E-state index is -4.46. The number of carbonyl (C=O) groups excluding carboxylic acids is 3. The van der Waals surface area contributed by atoms with Crippen molar-refractivity contribution in [2.75, 3.05) is 26.4 Å². The predicted molar refractivity (Wildman–Crippen MR) is 89.3 cm³/mol. The number of hydrogen-bond acceptors (Lipinski definition) is 15. The molecule has 15 nitrogen and oxygen atoms in total. The van der Waals surface area contributed by atoms with Crippen LogP contribution in [0.3, 0.4) is 0 Å². The van der Waals surface area contributed by atoms with E-state index in [4.69, 9.17) is 20.4 Å². The first-order chi connectivity index (χ1) is 13.7. The zero-order valence-electron chi connectivity index (χ0n) is 15.4. The van der Waals surface area contributed by atoms with Gasteiger partial charge in [-0.25, -0.2) is 0 Å². The first kappa shape index (κ1) is 28.5. The van der Waals surface area contributed by atoms with Gasteiger partial charge in [0.2, 0.25) is 23.0 Å². The molecule has 0 aromatic rings. The van der Waals surface area contributed by atoms with E-state index in [0.29, 0.717) is 0 Å². The lowest BCUT2D eigenvalue weighted by molar-refractivity contribution is -0.233. The third-order valence-corrected chi connectivity index (χ3v) is 4.40. The fourth-order valence-corrected chi connectivity index (χ4v) is 2.59. The number of Topliss-reactive ketones (excluding diaryl/α,β-unsaturated/α-hetero) is 3. The van der Waals surface area contributed by atoms with Crippen LogP contribution in [-0.2, 0) is 14.4 Å². The summed E-state index contributed by atoms with van der Waals surface area (Å²) in [6, 6.07) is 0. The molecule has 0 aliphatic carbocycles. The summed E-state index contributed by atoms with van der Waals surface area (Å²) in [5, 5.41) is 116. The third-order valence-electron chi connectivity index (χ3n) is 4.40. The van der Waals surface area contributed by atoms with Gasteiger partial charge in [0.05, 0.1) is 26.4 Å². The van der Waals surface area contributed by atoms with E-state index in [9.17, 15) is 55.2 Å². The van der Waals surface area contributed by atoms with Crippen LogP contribution in [0.25, 0.3) is 0 Å². The van der Waals surface area contributed by atoms with Gasteiger partial charge in [-0.05, 0) is 0 Å². The number of hydrogen-bond donors (Lipinski definition) is 12. The van der Waals surface area contributed by atoms with Crippen molar-refractivity contribution in [1.82, 2.24) is 0 Å². The van der Waals surface area contributed by atoms with Crippen molar-refractivity contribution >= 4 is 17.3 Å². The van der Waals surface area contributed by atoms with Gasteiger partial charge in [0.15, 0.2) is 5.60 Å². The number of carbonyl (C=O) groups is 3. The maximum Gasteiger partial charge on any atom is 0.225 e. The van der Waals surface area contributed by atoms with Crippen molar-refractivity contribution in [1.29, 1.82) is 0 Å². The summed E-state index contributed by atoms with van der Waals surface area (Å²) in [5.74, 6) is -6.96. The van der Waals surface area contributed by atoms with Crippen LogP contribution >= 0.6 is 0 Å². The monoisotopic (exact) mass is 446 g/mol. The van der Waals surface area contributed by atoms with Crippen molar-refractivity contribution in [3.05, 3.63) is 0 Å². The highest BCUT2D eigenvalue weighted by Crippen LogP contribution is 2.35. The molecule has 0 radical (unpaired) electrons. The Bertz CT molecular complexity index is 587. The van der Waals surface area contributed by atoms with E-state index >= 15 is 0 Å². The molecule has 12 N–H and O–H groups in total. The minimum absolute atomic E-state index is 1.33. The van der Waals surface area contributed by atoms with Gasteiger partial charge in [-0.2, -0.15) is 0 Å². The van der Waals surface area contributed by atoms with Crippen molar-refractivity contribution < 1.29 is 75.7 Å². The first-order valence-corrected chi connectivity index (χ1v) is 8.33. The lowest BCUT2D eigenvalue weighted by atomic mass is 9.66. The van der Waals surface area contributed by atoms with E-state index in [-0.39, 0.29) is 0 Å². The summed E-state index contributed by atoms with van der Waals surface area (Å²) in [4.78, 5) is 37.4. The molecule has 176 valence electrons. The standard InChI is InChI=1S/C15H26O15/c16-1-5(20)9(24)13(28)15(30,12(27)8(23)4-19)14(29,10(25)6(21)2-17)11(26)7(22)3-18/h5-9,13,16-24,28-30H,1-4H2/t5-,6?,7?,8?,9+,13+,14?,15+/m0/s1. The maximum absolute atomic E-state index is 12.5. The minimum Gasteiger partial charge on any atom is -0.394 e. The molecule has 0 spiro atoms. The lowest BCUT2D eigenvalue weighted by Gasteiger charge is -2.45. The zero-order chi connectivity index (χ0) is 24.0. The molecule has 0 aromatic heterocycles. The van der Waals surface area contributed by atoms with Crippen molar-refractivity contribution in [2.45, 2.75) is 47.8 Å². The van der Waals surface area contributed by atoms with Crippen LogP contribution in [0.5, 0.6) is 0 Å². The highest BCUT2D eigenvalue weighted by Gasteiger charge is 2.70. The van der Waals surface area contributed by atoms with E-state index in [1.54, 1.807) is 0 Å². The van der Waals surface area contributed by atoms with Gasteiger partial charge in [0.1, 0.15) is 36.6 Å². The molecule has 0 aliphatic heterocycles. The molecule has 0 rings (SSSR count). The summed E-state index contributed by atoms with van der Waals surface area (Å²) in [7, 11) is 0. The lowest BCUT2D eigenvalue weighted by Crippen LogP contribution is -2.79. The molecule has 30 heavy (non-hydrogen) atoms. The Hall–Kier alpha value is -1.47. The average Bonchev–Trinajstić information content (AvgIpc) is 2.77. The van der Waals surface area contributed by atoms with E-state index in [1.807, 2.05) is 0 Å². The summed E-state index contributed by atoms with van der Waals surface area (Å²) in [6.45, 7) is -5.93. The fraction of sp³-hybridized carbons (Fsp3) is 0.800. The topological polar surface area (TPSA) is 294 Å². The smallest absolute Gasteiger partial charge is 0.225 e. The van der Waals surface area contributed by atoms with Gasteiger partial charge in [-0.15, -0.1) is 0 Å². The molecule has 0 fully saturated rings. The van der Waals surface area contributed by atoms with Gasteiger partial charge < -0.3 is 61.3 Å². The zero-order valence-corrected chi connectivity index (χ0v) is 15.4. The molecule has 0 amide bonds. The van der Waals surface area contributed by atoms with E-state index in [2.05, 4.69) is 0 Å². The van der Waals surface area contributed by atoms with Crippen LogP contribution in [-0.4, -0.2) is 153 Å². The van der Waals surface area contributed by atoms with Crippen molar-refractivity contribution in [3.8, 4) is 0 Å². The van der Waals surface area contributed by atoms with Crippen molar-refractivity contribution in [2.24, 2.45) is 0 Å². The van der Waals surface area contributed by atoms with Crippen LogP contribution < -0.4 is 0 Å².